The lowest BCUT2D eigenvalue weighted by molar-refractivity contribution is 0.280. The molecule has 0 aliphatic rings. The number of hydrogen-bond acceptors (Lipinski definition) is 1. The molecule has 1 aromatic rings. The van der Waals surface area contributed by atoms with Gasteiger partial charge in [-0.1, -0.05) is 53.2 Å². The first kappa shape index (κ1) is 14.2. The number of hydrogen-bond donors (Lipinski definition) is 1. The van der Waals surface area contributed by atoms with Crippen molar-refractivity contribution >= 4 is 0 Å². The third-order valence-corrected chi connectivity index (χ3v) is 3.33. The minimum Gasteiger partial charge on any atom is -0.392 e. The molecule has 0 saturated heterocycles. The lowest BCUT2D eigenvalue weighted by Crippen LogP contribution is -2.04. The van der Waals surface area contributed by atoms with Gasteiger partial charge >= 0.3 is 0 Å². The van der Waals surface area contributed by atoms with E-state index in [1.807, 2.05) is 0 Å². The maximum atomic E-state index is 9.49. The molecule has 0 saturated carbocycles. The third kappa shape index (κ3) is 3.32. The molecule has 0 heterocycles. The summed E-state index contributed by atoms with van der Waals surface area (Å²) in [4.78, 5) is 0. The van der Waals surface area contributed by atoms with E-state index < -0.39 is 0 Å². The molecule has 17 heavy (non-hydrogen) atoms. The summed E-state index contributed by atoms with van der Waals surface area (Å²) in [5.41, 5.74) is 5.27. The highest BCUT2D eigenvalue weighted by Gasteiger charge is 2.13. The number of aliphatic hydroxyl groups is 1. The van der Waals surface area contributed by atoms with E-state index in [9.17, 15) is 5.11 Å². The van der Waals surface area contributed by atoms with Crippen LogP contribution in [0.1, 0.15) is 75.1 Å². The largest absolute Gasteiger partial charge is 0.392 e. The zero-order chi connectivity index (χ0) is 13.0. The van der Waals surface area contributed by atoms with Gasteiger partial charge < -0.3 is 5.11 Å². The Morgan fingerprint density at radius 1 is 0.941 bits per heavy atom. The van der Waals surface area contributed by atoms with Crippen molar-refractivity contribution in [1.29, 1.82) is 0 Å². The molecule has 0 spiro atoms. The van der Waals surface area contributed by atoms with Gasteiger partial charge in [0.2, 0.25) is 0 Å². The molecule has 0 aliphatic carbocycles. The Bertz CT molecular complexity index is 364. The fourth-order valence-electron chi connectivity index (χ4n) is 2.43. The summed E-state index contributed by atoms with van der Waals surface area (Å²) in [7, 11) is 0. The standard InChI is InChI=1S/C16H26O/c1-6-7-13-8-14(10-17)16(12(4)5)9-15(13)11(2)3/h8-9,11-12,17H,6-7,10H2,1-5H3. The van der Waals surface area contributed by atoms with Crippen molar-refractivity contribution in [2.24, 2.45) is 0 Å². The van der Waals surface area contributed by atoms with E-state index in [0.29, 0.717) is 11.8 Å². The van der Waals surface area contributed by atoms with Gasteiger partial charge in [-0.3, -0.25) is 0 Å². The lowest BCUT2D eigenvalue weighted by Gasteiger charge is -2.19. The molecule has 0 fully saturated rings. The van der Waals surface area contributed by atoms with Crippen LogP contribution >= 0.6 is 0 Å². The molecule has 0 atom stereocenters. The van der Waals surface area contributed by atoms with E-state index in [0.717, 1.165) is 18.4 Å². The molecule has 0 aromatic heterocycles. The van der Waals surface area contributed by atoms with Crippen molar-refractivity contribution in [3.63, 3.8) is 0 Å². The minimum absolute atomic E-state index is 0.155. The molecule has 0 aliphatic heterocycles. The van der Waals surface area contributed by atoms with Gasteiger partial charge in [0.05, 0.1) is 6.61 Å². The van der Waals surface area contributed by atoms with Crippen molar-refractivity contribution in [2.75, 3.05) is 0 Å². The summed E-state index contributed by atoms with van der Waals surface area (Å²) in [6.07, 6.45) is 2.27. The van der Waals surface area contributed by atoms with Crippen LogP contribution in [0.25, 0.3) is 0 Å². The van der Waals surface area contributed by atoms with E-state index in [1.54, 1.807) is 0 Å². The fourth-order valence-corrected chi connectivity index (χ4v) is 2.43. The highest BCUT2D eigenvalue weighted by molar-refractivity contribution is 5.41. The first-order valence-corrected chi connectivity index (χ1v) is 6.77. The molecule has 1 rings (SSSR count). The molecule has 0 bridgehead atoms. The minimum atomic E-state index is 0.155. The Morgan fingerprint density at radius 2 is 1.47 bits per heavy atom. The number of rotatable bonds is 5. The Hall–Kier alpha value is -0.820. The SMILES string of the molecule is CCCc1cc(CO)c(C(C)C)cc1C(C)C. The van der Waals surface area contributed by atoms with Crippen LogP contribution in [-0.4, -0.2) is 5.11 Å². The van der Waals surface area contributed by atoms with E-state index in [2.05, 4.69) is 46.8 Å². The van der Waals surface area contributed by atoms with Crippen molar-refractivity contribution in [3.8, 4) is 0 Å². The Morgan fingerprint density at radius 3 is 1.88 bits per heavy atom. The van der Waals surface area contributed by atoms with Crippen LogP contribution in [0.4, 0.5) is 0 Å². The molecule has 1 nitrogen and oxygen atoms in total. The fraction of sp³-hybridized carbons (Fsp3) is 0.625. The van der Waals surface area contributed by atoms with Crippen LogP contribution in [0, 0.1) is 0 Å². The first-order chi connectivity index (χ1) is 8.01. The monoisotopic (exact) mass is 234 g/mol. The summed E-state index contributed by atoms with van der Waals surface area (Å²) in [6, 6.07) is 4.53. The highest BCUT2D eigenvalue weighted by Crippen LogP contribution is 2.29. The van der Waals surface area contributed by atoms with Gasteiger partial charge in [-0.05, 0) is 40.5 Å². The van der Waals surface area contributed by atoms with E-state index in [4.69, 9.17) is 0 Å². The van der Waals surface area contributed by atoms with Crippen molar-refractivity contribution < 1.29 is 5.11 Å². The molecule has 0 radical (unpaired) electrons. The highest BCUT2D eigenvalue weighted by atomic mass is 16.3. The van der Waals surface area contributed by atoms with Crippen LogP contribution in [0.3, 0.4) is 0 Å². The molecule has 1 aromatic carbocycles. The Kier molecular flexibility index (Phi) is 5.20. The average Bonchev–Trinajstić information content (AvgIpc) is 2.28. The summed E-state index contributed by atoms with van der Waals surface area (Å²) < 4.78 is 0. The quantitative estimate of drug-likeness (QED) is 0.801. The van der Waals surface area contributed by atoms with Gasteiger partial charge in [0.1, 0.15) is 0 Å². The van der Waals surface area contributed by atoms with Crippen LogP contribution in [0.2, 0.25) is 0 Å². The normalized spacial score (nSPS) is 11.5. The summed E-state index contributed by atoms with van der Waals surface area (Å²) in [5.74, 6) is 1.03. The number of benzene rings is 1. The van der Waals surface area contributed by atoms with E-state index in [-0.39, 0.29) is 6.61 Å². The lowest BCUT2D eigenvalue weighted by atomic mass is 9.87. The second kappa shape index (κ2) is 6.20. The van der Waals surface area contributed by atoms with Crippen molar-refractivity contribution in [3.05, 3.63) is 34.4 Å². The van der Waals surface area contributed by atoms with E-state index >= 15 is 0 Å². The van der Waals surface area contributed by atoms with Gasteiger partial charge in [-0.2, -0.15) is 0 Å². The predicted molar refractivity (Wildman–Crippen MR) is 74.5 cm³/mol. The summed E-state index contributed by atoms with van der Waals surface area (Å²) >= 11 is 0. The van der Waals surface area contributed by atoms with Gasteiger partial charge in [-0.15, -0.1) is 0 Å². The summed E-state index contributed by atoms with van der Waals surface area (Å²) in [6.45, 7) is 11.2. The predicted octanol–water partition coefficient (Wildman–Crippen LogP) is 4.38. The van der Waals surface area contributed by atoms with Gasteiger partial charge in [0.15, 0.2) is 0 Å². The number of aliphatic hydroxyl groups excluding tert-OH is 1. The zero-order valence-electron chi connectivity index (χ0n) is 11.9. The second-order valence-corrected chi connectivity index (χ2v) is 5.47. The van der Waals surface area contributed by atoms with Crippen LogP contribution in [0.15, 0.2) is 12.1 Å². The van der Waals surface area contributed by atoms with E-state index in [1.165, 1.54) is 16.7 Å². The van der Waals surface area contributed by atoms with Crippen LogP contribution < -0.4 is 0 Å². The van der Waals surface area contributed by atoms with Crippen LogP contribution in [-0.2, 0) is 13.0 Å². The van der Waals surface area contributed by atoms with Crippen molar-refractivity contribution in [2.45, 2.75) is 65.9 Å². The average molecular weight is 234 g/mol. The molecular formula is C16H26O. The molecule has 0 amide bonds. The smallest absolute Gasteiger partial charge is 0.0684 e. The van der Waals surface area contributed by atoms with Gasteiger partial charge in [0.25, 0.3) is 0 Å². The first-order valence-electron chi connectivity index (χ1n) is 6.77. The van der Waals surface area contributed by atoms with Crippen LogP contribution in [0.5, 0.6) is 0 Å². The molecule has 1 heteroatoms. The molecule has 0 unspecified atom stereocenters. The van der Waals surface area contributed by atoms with Crippen molar-refractivity contribution in [1.82, 2.24) is 0 Å². The topological polar surface area (TPSA) is 20.2 Å². The second-order valence-electron chi connectivity index (χ2n) is 5.47. The zero-order valence-corrected chi connectivity index (χ0v) is 11.9. The molecular weight excluding hydrogens is 208 g/mol. The molecule has 1 N–H and O–H groups in total. The van der Waals surface area contributed by atoms with Gasteiger partial charge in [-0.25, -0.2) is 0 Å². The Balaban J connectivity index is 3.31. The summed E-state index contributed by atoms with van der Waals surface area (Å²) in [5, 5.41) is 9.49. The maximum Gasteiger partial charge on any atom is 0.0684 e. The Labute approximate surface area is 106 Å². The number of aryl methyl sites for hydroxylation is 1. The van der Waals surface area contributed by atoms with Gasteiger partial charge in [0, 0.05) is 0 Å². The maximum absolute atomic E-state index is 9.49. The third-order valence-electron chi connectivity index (χ3n) is 3.33. The molecule has 96 valence electrons.